The quantitative estimate of drug-likeness (QED) is 0.735. The van der Waals surface area contributed by atoms with E-state index in [0.29, 0.717) is 15.7 Å². The number of hydrogen-bond donors (Lipinski definition) is 0. The third-order valence-corrected chi connectivity index (χ3v) is 5.51. The van der Waals surface area contributed by atoms with Gasteiger partial charge in [-0.25, -0.2) is 8.42 Å². The fourth-order valence-corrected chi connectivity index (χ4v) is 3.45. The van der Waals surface area contributed by atoms with Crippen molar-refractivity contribution in [3.63, 3.8) is 0 Å². The lowest BCUT2D eigenvalue weighted by molar-refractivity contribution is 0.415. The molecule has 0 aromatic heterocycles. The molecular formula is C15H14BrClO3S. The first-order valence-electron chi connectivity index (χ1n) is 6.10. The summed E-state index contributed by atoms with van der Waals surface area (Å²) in [5.74, 6) is 0.602. The minimum atomic E-state index is -3.23. The summed E-state index contributed by atoms with van der Waals surface area (Å²) in [4.78, 5) is 0.145. The Morgan fingerprint density at radius 2 is 1.81 bits per heavy atom. The summed E-state index contributed by atoms with van der Waals surface area (Å²) in [5, 5.41) is 0.513. The van der Waals surface area contributed by atoms with Crippen LogP contribution in [0.3, 0.4) is 0 Å². The van der Waals surface area contributed by atoms with Crippen LogP contribution in [-0.2, 0) is 9.84 Å². The van der Waals surface area contributed by atoms with Crippen molar-refractivity contribution in [1.82, 2.24) is 0 Å². The second-order valence-corrected chi connectivity index (χ2v) is 7.94. The fraction of sp³-hybridized carbons (Fsp3) is 0.200. The Labute approximate surface area is 137 Å². The molecule has 2 aromatic carbocycles. The van der Waals surface area contributed by atoms with Crippen molar-refractivity contribution in [2.24, 2.45) is 0 Å². The SMILES string of the molecule is COc1ccc(C(Br)c2cccc(S(C)(=O)=O)c2)cc1Cl. The Kier molecular flexibility index (Phi) is 4.96. The monoisotopic (exact) mass is 388 g/mol. The number of sulfone groups is 1. The standard InChI is InChI=1S/C15H14BrClO3S/c1-20-14-7-6-11(9-13(14)17)15(16)10-4-3-5-12(8-10)21(2,18)19/h3-9,15H,1-2H3. The molecule has 0 bridgehead atoms. The maximum absolute atomic E-state index is 11.6. The molecule has 0 saturated heterocycles. The lowest BCUT2D eigenvalue weighted by atomic mass is 10.0. The molecule has 112 valence electrons. The van der Waals surface area contributed by atoms with Gasteiger partial charge in [-0.2, -0.15) is 0 Å². The zero-order valence-corrected chi connectivity index (χ0v) is 14.7. The van der Waals surface area contributed by atoms with E-state index in [1.165, 1.54) is 6.26 Å². The minimum absolute atomic E-state index is 0.150. The second-order valence-electron chi connectivity index (χ2n) is 4.60. The Balaban J connectivity index is 2.40. The second kappa shape index (κ2) is 6.38. The van der Waals surface area contributed by atoms with Gasteiger partial charge in [-0.3, -0.25) is 0 Å². The van der Waals surface area contributed by atoms with Gasteiger partial charge in [-0.1, -0.05) is 45.7 Å². The largest absolute Gasteiger partial charge is 0.495 e. The van der Waals surface area contributed by atoms with E-state index in [-0.39, 0.29) is 4.83 Å². The first-order valence-corrected chi connectivity index (χ1v) is 9.29. The molecule has 2 aromatic rings. The molecule has 0 saturated carbocycles. The highest BCUT2D eigenvalue weighted by molar-refractivity contribution is 9.09. The first-order chi connectivity index (χ1) is 9.82. The number of rotatable bonds is 4. The van der Waals surface area contributed by atoms with Gasteiger partial charge in [0, 0.05) is 6.26 Å². The number of benzene rings is 2. The van der Waals surface area contributed by atoms with Crippen molar-refractivity contribution < 1.29 is 13.2 Å². The molecule has 2 rings (SSSR count). The van der Waals surface area contributed by atoms with Crippen molar-refractivity contribution in [1.29, 1.82) is 0 Å². The highest BCUT2D eigenvalue weighted by Gasteiger charge is 2.15. The summed E-state index contributed by atoms with van der Waals surface area (Å²) in [7, 11) is -1.67. The molecule has 0 heterocycles. The third kappa shape index (κ3) is 3.78. The van der Waals surface area contributed by atoms with Gasteiger partial charge in [0.05, 0.1) is 21.9 Å². The van der Waals surface area contributed by atoms with E-state index < -0.39 is 9.84 Å². The van der Waals surface area contributed by atoms with Crippen LogP contribution in [0.25, 0.3) is 0 Å². The number of hydrogen-bond acceptors (Lipinski definition) is 3. The van der Waals surface area contributed by atoms with Gasteiger partial charge in [0.2, 0.25) is 0 Å². The number of halogens is 2. The van der Waals surface area contributed by atoms with Crippen molar-refractivity contribution in [2.75, 3.05) is 13.4 Å². The molecule has 0 radical (unpaired) electrons. The summed E-state index contributed by atoms with van der Waals surface area (Å²) in [6, 6.07) is 12.3. The molecule has 1 atom stereocenters. The van der Waals surface area contributed by atoms with Crippen molar-refractivity contribution in [2.45, 2.75) is 9.72 Å². The van der Waals surface area contributed by atoms with Gasteiger partial charge in [-0.05, 0) is 35.4 Å². The van der Waals surface area contributed by atoms with E-state index in [0.717, 1.165) is 11.1 Å². The normalized spacial score (nSPS) is 13.0. The van der Waals surface area contributed by atoms with Crippen LogP contribution in [0.5, 0.6) is 5.75 Å². The van der Waals surface area contributed by atoms with Gasteiger partial charge < -0.3 is 4.74 Å². The van der Waals surface area contributed by atoms with E-state index in [1.54, 1.807) is 37.4 Å². The minimum Gasteiger partial charge on any atom is -0.495 e. The maximum Gasteiger partial charge on any atom is 0.175 e. The molecule has 3 nitrogen and oxygen atoms in total. The van der Waals surface area contributed by atoms with Crippen LogP contribution in [0, 0.1) is 0 Å². The van der Waals surface area contributed by atoms with Crippen molar-refractivity contribution in [3.8, 4) is 5.75 Å². The average Bonchev–Trinajstić information content (AvgIpc) is 2.45. The van der Waals surface area contributed by atoms with E-state index in [2.05, 4.69) is 15.9 Å². The fourth-order valence-electron chi connectivity index (χ4n) is 1.94. The molecule has 0 fully saturated rings. The van der Waals surface area contributed by atoms with Gasteiger partial charge >= 0.3 is 0 Å². The first kappa shape index (κ1) is 16.3. The van der Waals surface area contributed by atoms with Crippen molar-refractivity contribution in [3.05, 3.63) is 58.6 Å². The number of methoxy groups -OCH3 is 1. The van der Waals surface area contributed by atoms with Crippen LogP contribution in [0.4, 0.5) is 0 Å². The molecule has 0 aliphatic carbocycles. The molecule has 0 aliphatic rings. The Bertz CT molecular complexity index is 759. The smallest absolute Gasteiger partial charge is 0.175 e. The van der Waals surface area contributed by atoms with Gasteiger partial charge in [0.25, 0.3) is 0 Å². The number of ether oxygens (including phenoxy) is 1. The van der Waals surface area contributed by atoms with Gasteiger partial charge in [0.15, 0.2) is 9.84 Å². The Morgan fingerprint density at radius 1 is 1.14 bits per heavy atom. The van der Waals surface area contributed by atoms with Crippen molar-refractivity contribution >= 4 is 37.4 Å². The Morgan fingerprint density at radius 3 is 2.38 bits per heavy atom. The molecule has 6 heteroatoms. The predicted octanol–water partition coefficient (Wildman–Crippen LogP) is 4.24. The average molecular weight is 390 g/mol. The number of alkyl halides is 1. The van der Waals surface area contributed by atoms with Crippen LogP contribution in [0.1, 0.15) is 16.0 Å². The zero-order valence-electron chi connectivity index (χ0n) is 11.5. The summed E-state index contributed by atoms with van der Waals surface area (Å²) in [6.07, 6.45) is 1.19. The lowest BCUT2D eigenvalue weighted by Gasteiger charge is -2.13. The van der Waals surface area contributed by atoms with E-state index in [9.17, 15) is 8.42 Å². The molecule has 21 heavy (non-hydrogen) atoms. The predicted molar refractivity (Wildman–Crippen MR) is 88.3 cm³/mol. The summed E-state index contributed by atoms with van der Waals surface area (Å²) in [5.41, 5.74) is 1.77. The molecule has 0 spiro atoms. The van der Waals surface area contributed by atoms with Crippen LogP contribution in [-0.4, -0.2) is 21.8 Å². The maximum atomic E-state index is 11.6. The van der Waals surface area contributed by atoms with Crippen LogP contribution in [0.15, 0.2) is 47.4 Å². The van der Waals surface area contributed by atoms with Gasteiger partial charge in [-0.15, -0.1) is 0 Å². The lowest BCUT2D eigenvalue weighted by Crippen LogP contribution is -2.00. The van der Waals surface area contributed by atoms with E-state index in [4.69, 9.17) is 16.3 Å². The van der Waals surface area contributed by atoms with Crippen LogP contribution < -0.4 is 4.74 Å². The summed E-state index contributed by atoms with van der Waals surface area (Å²) < 4.78 is 28.4. The third-order valence-electron chi connectivity index (χ3n) is 3.05. The highest BCUT2D eigenvalue weighted by Crippen LogP contribution is 2.35. The molecule has 0 amide bonds. The van der Waals surface area contributed by atoms with E-state index >= 15 is 0 Å². The summed E-state index contributed by atoms with van der Waals surface area (Å²) in [6.45, 7) is 0. The topological polar surface area (TPSA) is 43.4 Å². The zero-order chi connectivity index (χ0) is 15.6. The van der Waals surface area contributed by atoms with Crippen LogP contribution in [0.2, 0.25) is 5.02 Å². The molecule has 0 aliphatic heterocycles. The molecule has 1 unspecified atom stereocenters. The molecular weight excluding hydrogens is 376 g/mol. The van der Waals surface area contributed by atoms with Gasteiger partial charge in [0.1, 0.15) is 5.75 Å². The van der Waals surface area contributed by atoms with E-state index in [1.807, 2.05) is 12.1 Å². The molecule has 0 N–H and O–H groups in total. The van der Waals surface area contributed by atoms with Crippen LogP contribution >= 0.6 is 27.5 Å². The Hall–Kier alpha value is -1.04. The summed E-state index contributed by atoms with van der Waals surface area (Å²) >= 11 is 9.70. The highest BCUT2D eigenvalue weighted by atomic mass is 79.9.